The zero-order chi connectivity index (χ0) is 16.1. The van der Waals surface area contributed by atoms with E-state index in [0.29, 0.717) is 5.47 Å². The first-order valence-electron chi connectivity index (χ1n) is 7.49. The smallest absolute Gasteiger partial charge is 0.334 e. The van der Waals surface area contributed by atoms with Crippen LogP contribution in [0.5, 0.6) is 0 Å². The maximum atomic E-state index is 10.1. The zero-order valence-electron chi connectivity index (χ0n) is 13.8. The molecule has 0 aromatic heterocycles. The number of rotatable bonds is 6. The summed E-state index contributed by atoms with van der Waals surface area (Å²) in [7, 11) is 1.56. The summed E-state index contributed by atoms with van der Waals surface area (Å²) >= 11 is 0. The van der Waals surface area contributed by atoms with Crippen molar-refractivity contribution in [2.75, 3.05) is 6.61 Å². The van der Waals surface area contributed by atoms with Crippen LogP contribution < -0.4 is 5.73 Å². The summed E-state index contributed by atoms with van der Waals surface area (Å²) < 4.78 is 11.3. The van der Waals surface area contributed by atoms with E-state index in [1.165, 1.54) is 6.20 Å². The van der Waals surface area contributed by atoms with Crippen molar-refractivity contribution < 1.29 is 14.5 Å². The lowest BCUT2D eigenvalue weighted by molar-refractivity contribution is -0.0895. The Kier molecular flexibility index (Phi) is 6.44. The van der Waals surface area contributed by atoms with Crippen LogP contribution in [0.2, 0.25) is 0 Å². The molecule has 1 rings (SSSR count). The van der Waals surface area contributed by atoms with Gasteiger partial charge in [-0.3, -0.25) is 4.99 Å². The van der Waals surface area contributed by atoms with Gasteiger partial charge in [0.25, 0.3) is 0 Å². The highest BCUT2D eigenvalue weighted by Gasteiger charge is 2.36. The van der Waals surface area contributed by atoms with Crippen LogP contribution in [-0.4, -0.2) is 42.3 Å². The molecule has 0 aliphatic carbocycles. The Balaban J connectivity index is 2.64. The molecule has 1 saturated heterocycles. The molecule has 0 spiro atoms. The first kappa shape index (κ1) is 18.2. The molecule has 5 nitrogen and oxygen atoms in total. The SMILES string of the molecule is CC(=N\C1CCCCO1)/C([B]OC(C)(C)C(C)(C)O)=C\N. The molecular formula is C15H28BN2O3. The number of hydrogen-bond acceptors (Lipinski definition) is 5. The molecule has 3 N–H and O–H groups in total. The molecule has 1 aliphatic rings. The van der Waals surface area contributed by atoms with E-state index in [-0.39, 0.29) is 6.23 Å². The lowest BCUT2D eigenvalue weighted by atomic mass is 9.80. The molecule has 1 radical (unpaired) electrons. The maximum Gasteiger partial charge on any atom is 0.334 e. The first-order valence-corrected chi connectivity index (χ1v) is 7.49. The fourth-order valence-corrected chi connectivity index (χ4v) is 1.72. The normalized spacial score (nSPS) is 22.3. The van der Waals surface area contributed by atoms with E-state index in [2.05, 4.69) is 4.99 Å². The molecule has 119 valence electrons. The van der Waals surface area contributed by atoms with Gasteiger partial charge in [0.2, 0.25) is 0 Å². The van der Waals surface area contributed by atoms with Gasteiger partial charge in [-0.15, -0.1) is 0 Å². The van der Waals surface area contributed by atoms with E-state index in [1.807, 2.05) is 20.8 Å². The predicted octanol–water partition coefficient (Wildman–Crippen LogP) is 1.96. The fourth-order valence-electron chi connectivity index (χ4n) is 1.72. The monoisotopic (exact) mass is 295 g/mol. The Hall–Kier alpha value is -0.845. The molecule has 1 unspecified atom stereocenters. The van der Waals surface area contributed by atoms with Gasteiger partial charge in [-0.05, 0) is 65.6 Å². The molecule has 1 aliphatic heterocycles. The molecule has 6 heteroatoms. The summed E-state index contributed by atoms with van der Waals surface area (Å²) in [5, 5.41) is 10.1. The molecule has 0 aromatic rings. The van der Waals surface area contributed by atoms with Crippen LogP contribution in [0.4, 0.5) is 0 Å². The van der Waals surface area contributed by atoms with Crippen molar-refractivity contribution in [2.24, 2.45) is 10.7 Å². The molecule has 1 atom stereocenters. The number of aliphatic imine (C=N–C) groups is 1. The summed E-state index contributed by atoms with van der Waals surface area (Å²) in [6, 6.07) is 0. The minimum absolute atomic E-state index is 0.0932. The Bertz CT molecular complexity index is 394. The Labute approximate surface area is 128 Å². The van der Waals surface area contributed by atoms with Crippen molar-refractivity contribution in [3.05, 3.63) is 11.7 Å². The largest absolute Gasteiger partial charge is 0.426 e. The minimum atomic E-state index is -0.971. The molecule has 0 amide bonds. The zero-order valence-corrected chi connectivity index (χ0v) is 13.8. The van der Waals surface area contributed by atoms with Crippen molar-refractivity contribution in [3.8, 4) is 0 Å². The van der Waals surface area contributed by atoms with E-state index in [9.17, 15) is 5.11 Å². The van der Waals surface area contributed by atoms with Crippen LogP contribution in [0, 0.1) is 0 Å². The second-order valence-corrected chi connectivity index (χ2v) is 6.46. The summed E-state index contributed by atoms with van der Waals surface area (Å²) in [4.78, 5) is 4.54. The van der Waals surface area contributed by atoms with Crippen molar-refractivity contribution in [2.45, 2.75) is 71.3 Å². The standard InChI is InChI=1S/C15H28BN2O3/c1-11(18-13-8-6-7-9-20-13)12(10-17)16-21-15(4,5)14(2,3)19/h10,13,19H,6-9,17H2,1-5H3/b12-10+,18-11+. The van der Waals surface area contributed by atoms with Crippen LogP contribution in [0.1, 0.15) is 53.9 Å². The van der Waals surface area contributed by atoms with Crippen LogP contribution >= 0.6 is 0 Å². The second-order valence-electron chi connectivity index (χ2n) is 6.46. The summed E-state index contributed by atoms with van der Waals surface area (Å²) in [6.45, 7) is 9.72. The van der Waals surface area contributed by atoms with Gasteiger partial charge in [0.05, 0.1) is 11.2 Å². The van der Waals surface area contributed by atoms with Gasteiger partial charge < -0.3 is 20.2 Å². The van der Waals surface area contributed by atoms with Crippen LogP contribution in [0.3, 0.4) is 0 Å². The van der Waals surface area contributed by atoms with Gasteiger partial charge in [0.1, 0.15) is 6.23 Å². The number of aliphatic hydroxyl groups is 1. The minimum Gasteiger partial charge on any atom is -0.426 e. The molecule has 1 heterocycles. The fraction of sp³-hybridized carbons (Fsp3) is 0.800. The Morgan fingerprint density at radius 2 is 2.05 bits per heavy atom. The van der Waals surface area contributed by atoms with Crippen molar-refractivity contribution >= 4 is 13.2 Å². The first-order chi connectivity index (χ1) is 9.67. The Morgan fingerprint density at radius 1 is 1.38 bits per heavy atom. The van der Waals surface area contributed by atoms with E-state index < -0.39 is 11.2 Å². The maximum absolute atomic E-state index is 10.1. The van der Waals surface area contributed by atoms with Crippen molar-refractivity contribution in [3.63, 3.8) is 0 Å². The van der Waals surface area contributed by atoms with Crippen molar-refractivity contribution in [1.29, 1.82) is 0 Å². The highest BCUT2D eigenvalue weighted by Crippen LogP contribution is 2.25. The molecule has 0 aromatic carbocycles. The highest BCUT2D eigenvalue weighted by atomic mass is 16.5. The lowest BCUT2D eigenvalue weighted by Crippen LogP contribution is -2.48. The second kappa shape index (κ2) is 7.43. The summed E-state index contributed by atoms with van der Waals surface area (Å²) in [5.74, 6) is 0. The van der Waals surface area contributed by atoms with Crippen LogP contribution in [0.15, 0.2) is 16.7 Å². The summed E-state index contributed by atoms with van der Waals surface area (Å²) in [5.41, 5.74) is 5.42. The number of nitrogens with zero attached hydrogens (tertiary/aromatic N) is 1. The predicted molar refractivity (Wildman–Crippen MR) is 86.2 cm³/mol. The van der Waals surface area contributed by atoms with Gasteiger partial charge in [-0.2, -0.15) is 0 Å². The van der Waals surface area contributed by atoms with Gasteiger partial charge in [0.15, 0.2) is 0 Å². The molecule has 1 fully saturated rings. The molecule has 21 heavy (non-hydrogen) atoms. The van der Waals surface area contributed by atoms with E-state index in [0.717, 1.165) is 31.6 Å². The van der Waals surface area contributed by atoms with E-state index >= 15 is 0 Å². The lowest BCUT2D eigenvalue weighted by Gasteiger charge is -2.37. The third-order valence-electron chi connectivity index (χ3n) is 4.04. The third-order valence-corrected chi connectivity index (χ3v) is 4.04. The number of allylic oxidation sites excluding steroid dienone is 1. The number of hydrogen-bond donors (Lipinski definition) is 2. The summed E-state index contributed by atoms with van der Waals surface area (Å²) in [6.07, 6.45) is 4.53. The quantitative estimate of drug-likeness (QED) is 0.580. The Morgan fingerprint density at radius 3 is 2.52 bits per heavy atom. The van der Waals surface area contributed by atoms with Gasteiger partial charge in [-0.1, -0.05) is 0 Å². The number of nitrogens with two attached hydrogens (primary N) is 1. The van der Waals surface area contributed by atoms with E-state index in [4.69, 9.17) is 15.1 Å². The van der Waals surface area contributed by atoms with Crippen LogP contribution in [-0.2, 0) is 9.39 Å². The topological polar surface area (TPSA) is 77.1 Å². The van der Waals surface area contributed by atoms with Crippen molar-refractivity contribution in [1.82, 2.24) is 0 Å². The van der Waals surface area contributed by atoms with E-state index in [1.54, 1.807) is 21.3 Å². The molecule has 0 bridgehead atoms. The highest BCUT2D eigenvalue weighted by molar-refractivity contribution is 6.49. The molecular weight excluding hydrogens is 267 g/mol. The van der Waals surface area contributed by atoms with Gasteiger partial charge >= 0.3 is 7.48 Å². The number of ether oxygens (including phenoxy) is 1. The third kappa shape index (κ3) is 5.45. The molecule has 0 saturated carbocycles. The van der Waals surface area contributed by atoms with Gasteiger partial charge in [0, 0.05) is 12.3 Å². The average molecular weight is 295 g/mol. The van der Waals surface area contributed by atoms with Gasteiger partial charge in [-0.25, -0.2) is 0 Å². The van der Waals surface area contributed by atoms with Crippen LogP contribution in [0.25, 0.3) is 0 Å². The average Bonchev–Trinajstić information content (AvgIpc) is 2.39.